The summed E-state index contributed by atoms with van der Waals surface area (Å²) in [4.78, 5) is 21.7. The summed E-state index contributed by atoms with van der Waals surface area (Å²) in [5.41, 5.74) is 1.64. The molecule has 214 valence electrons. The maximum atomic E-state index is 14.5. The van der Waals surface area contributed by atoms with Crippen LogP contribution in [0.3, 0.4) is 0 Å². The number of rotatable bonds is 9. The van der Waals surface area contributed by atoms with E-state index >= 15 is 0 Å². The van der Waals surface area contributed by atoms with Crippen molar-refractivity contribution in [2.75, 3.05) is 6.61 Å². The minimum atomic E-state index is -4.34. The van der Waals surface area contributed by atoms with Crippen LogP contribution in [0.1, 0.15) is 41.0 Å². The molecule has 0 atom stereocenters. The van der Waals surface area contributed by atoms with Crippen LogP contribution in [0.15, 0.2) is 65.7 Å². The molecular formula is C30H29F2N3O5S. The van der Waals surface area contributed by atoms with E-state index in [1.807, 2.05) is 18.6 Å². The third-order valence-electron chi connectivity index (χ3n) is 5.84. The fraction of sp³-hybridized carbons (Fsp3) is 0.233. The molecule has 0 aliphatic carbocycles. The van der Waals surface area contributed by atoms with Crippen molar-refractivity contribution in [3.05, 3.63) is 94.7 Å². The van der Waals surface area contributed by atoms with E-state index in [1.165, 1.54) is 48.5 Å². The van der Waals surface area contributed by atoms with Gasteiger partial charge in [-0.1, -0.05) is 19.9 Å². The summed E-state index contributed by atoms with van der Waals surface area (Å²) in [7, 11) is -4.34. The van der Waals surface area contributed by atoms with E-state index in [2.05, 4.69) is 9.97 Å². The number of aromatic nitrogens is 2. The van der Waals surface area contributed by atoms with Gasteiger partial charge in [-0.05, 0) is 86.3 Å². The number of hydrogen-bond donors (Lipinski definition) is 1. The summed E-state index contributed by atoms with van der Waals surface area (Å²) in [5.74, 6) is -1.59. The van der Waals surface area contributed by atoms with E-state index in [0.717, 1.165) is 0 Å². The highest BCUT2D eigenvalue weighted by atomic mass is 32.2. The van der Waals surface area contributed by atoms with Crippen LogP contribution < -0.4 is 14.2 Å². The standard InChI is InChI=1S/C30H29F2N3O5S/c1-17(2)16-39-24-14-21(13-23(32)15-24)26-10-9-25(29(36)35-41(37,38)27-8-6-7-20(5)33-27)30(34-26)40-28-18(3)11-22(31)12-19(28)4/h6-15,17H,16H2,1-5H3,(H,35,36). The Bertz CT molecular complexity index is 1700. The highest BCUT2D eigenvalue weighted by Gasteiger charge is 2.25. The fourth-order valence-corrected chi connectivity index (χ4v) is 4.94. The molecule has 0 spiro atoms. The molecule has 2 aromatic carbocycles. The number of aryl methyl sites for hydroxylation is 3. The molecule has 1 amide bonds. The van der Waals surface area contributed by atoms with Crippen molar-refractivity contribution >= 4 is 15.9 Å². The molecule has 2 aromatic heterocycles. The van der Waals surface area contributed by atoms with E-state index < -0.39 is 27.6 Å². The van der Waals surface area contributed by atoms with E-state index in [-0.39, 0.29) is 33.8 Å². The van der Waals surface area contributed by atoms with Gasteiger partial charge in [0.1, 0.15) is 28.7 Å². The lowest BCUT2D eigenvalue weighted by molar-refractivity contribution is 0.0978. The monoisotopic (exact) mass is 581 g/mol. The minimum absolute atomic E-state index is 0.214. The van der Waals surface area contributed by atoms with Gasteiger partial charge in [0.2, 0.25) is 5.88 Å². The van der Waals surface area contributed by atoms with Crippen molar-refractivity contribution in [2.45, 2.75) is 39.6 Å². The number of nitrogens with one attached hydrogen (secondary N) is 1. The molecule has 4 aromatic rings. The van der Waals surface area contributed by atoms with Gasteiger partial charge in [-0.3, -0.25) is 4.79 Å². The van der Waals surface area contributed by atoms with E-state index in [0.29, 0.717) is 34.7 Å². The molecule has 4 rings (SSSR count). The number of pyridine rings is 2. The minimum Gasteiger partial charge on any atom is -0.493 e. The second-order valence-electron chi connectivity index (χ2n) is 9.95. The molecule has 0 saturated carbocycles. The second-order valence-corrected chi connectivity index (χ2v) is 11.6. The highest BCUT2D eigenvalue weighted by Crippen LogP contribution is 2.33. The van der Waals surface area contributed by atoms with Crippen LogP contribution in [0.4, 0.5) is 8.78 Å². The first-order valence-corrected chi connectivity index (χ1v) is 14.2. The molecule has 0 bridgehead atoms. The highest BCUT2D eigenvalue weighted by molar-refractivity contribution is 7.90. The van der Waals surface area contributed by atoms with Crippen LogP contribution >= 0.6 is 0 Å². The SMILES string of the molecule is Cc1cccc(S(=O)(=O)NC(=O)c2ccc(-c3cc(F)cc(OCC(C)C)c3)nc2Oc2c(C)cc(F)cc2C)n1. The lowest BCUT2D eigenvalue weighted by atomic mass is 10.1. The van der Waals surface area contributed by atoms with Gasteiger partial charge in [0.05, 0.1) is 12.3 Å². The normalized spacial score (nSPS) is 11.4. The Morgan fingerprint density at radius 3 is 2.27 bits per heavy atom. The lowest BCUT2D eigenvalue weighted by Gasteiger charge is -2.16. The van der Waals surface area contributed by atoms with Crippen molar-refractivity contribution in [1.82, 2.24) is 14.7 Å². The molecule has 1 N–H and O–H groups in total. The predicted octanol–water partition coefficient (Wildman–Crippen LogP) is 6.29. The molecular weight excluding hydrogens is 552 g/mol. The Morgan fingerprint density at radius 2 is 1.61 bits per heavy atom. The predicted molar refractivity (Wildman–Crippen MR) is 150 cm³/mol. The number of hydrogen-bond acceptors (Lipinski definition) is 7. The van der Waals surface area contributed by atoms with Crippen molar-refractivity contribution in [3.8, 4) is 28.6 Å². The van der Waals surface area contributed by atoms with Gasteiger partial charge in [-0.2, -0.15) is 8.42 Å². The van der Waals surface area contributed by atoms with Crippen molar-refractivity contribution in [3.63, 3.8) is 0 Å². The molecule has 2 heterocycles. The Morgan fingerprint density at radius 1 is 0.927 bits per heavy atom. The van der Waals surface area contributed by atoms with Gasteiger partial charge in [0.25, 0.3) is 15.9 Å². The van der Waals surface area contributed by atoms with Crippen molar-refractivity contribution in [1.29, 1.82) is 0 Å². The van der Waals surface area contributed by atoms with Crippen LogP contribution in [-0.2, 0) is 10.0 Å². The Kier molecular flexibility index (Phi) is 8.67. The molecule has 0 saturated heterocycles. The average molecular weight is 582 g/mol. The first-order valence-electron chi connectivity index (χ1n) is 12.7. The van der Waals surface area contributed by atoms with Gasteiger partial charge in [-0.25, -0.2) is 23.5 Å². The zero-order chi connectivity index (χ0) is 29.9. The van der Waals surface area contributed by atoms with Gasteiger partial charge >= 0.3 is 0 Å². The number of carbonyl (C=O) groups is 1. The molecule has 0 unspecified atom stereocenters. The summed E-state index contributed by atoms with van der Waals surface area (Å²) in [6.07, 6.45) is 0. The Labute approximate surface area is 237 Å². The number of sulfonamides is 1. The van der Waals surface area contributed by atoms with Crippen LogP contribution in [0, 0.1) is 38.3 Å². The molecule has 0 fully saturated rings. The van der Waals surface area contributed by atoms with Gasteiger partial charge in [0.15, 0.2) is 5.03 Å². The topological polar surface area (TPSA) is 107 Å². The molecule has 11 heteroatoms. The number of nitrogens with zero attached hydrogens (tertiary/aromatic N) is 2. The number of ether oxygens (including phenoxy) is 2. The van der Waals surface area contributed by atoms with Crippen molar-refractivity contribution < 1.29 is 31.5 Å². The summed E-state index contributed by atoms with van der Waals surface area (Å²) < 4.78 is 67.9. The first kappa shape index (κ1) is 29.6. The zero-order valence-corrected chi connectivity index (χ0v) is 24.0. The summed E-state index contributed by atoms with van der Waals surface area (Å²) in [5, 5.41) is -0.336. The third-order valence-corrected chi connectivity index (χ3v) is 7.08. The fourth-order valence-electron chi connectivity index (χ4n) is 3.96. The number of amides is 1. The van der Waals surface area contributed by atoms with Crippen LogP contribution in [0.5, 0.6) is 17.4 Å². The number of benzene rings is 2. The summed E-state index contributed by atoms with van der Waals surface area (Å²) in [6.45, 7) is 9.15. The number of carbonyl (C=O) groups excluding carboxylic acids is 1. The largest absolute Gasteiger partial charge is 0.493 e. The van der Waals surface area contributed by atoms with Gasteiger partial charge in [0, 0.05) is 17.3 Å². The third kappa shape index (κ3) is 7.23. The summed E-state index contributed by atoms with van der Waals surface area (Å²) >= 11 is 0. The quantitative estimate of drug-likeness (QED) is 0.247. The molecule has 8 nitrogen and oxygen atoms in total. The lowest BCUT2D eigenvalue weighted by Crippen LogP contribution is -2.31. The van der Waals surface area contributed by atoms with Crippen LogP contribution in [0.2, 0.25) is 0 Å². The Hall–Kier alpha value is -4.38. The second kappa shape index (κ2) is 12.0. The van der Waals surface area contributed by atoms with Gasteiger partial charge < -0.3 is 9.47 Å². The molecule has 0 radical (unpaired) electrons. The molecule has 0 aliphatic rings. The van der Waals surface area contributed by atoms with Crippen molar-refractivity contribution in [2.24, 2.45) is 5.92 Å². The van der Waals surface area contributed by atoms with E-state index in [9.17, 15) is 22.0 Å². The average Bonchev–Trinajstić information content (AvgIpc) is 2.89. The van der Waals surface area contributed by atoms with Crippen LogP contribution in [-0.4, -0.2) is 30.9 Å². The van der Waals surface area contributed by atoms with Gasteiger partial charge in [-0.15, -0.1) is 0 Å². The van der Waals surface area contributed by atoms with E-state index in [1.54, 1.807) is 32.9 Å². The first-order chi connectivity index (χ1) is 19.3. The molecule has 0 aliphatic heterocycles. The maximum Gasteiger partial charge on any atom is 0.281 e. The van der Waals surface area contributed by atoms with Crippen LogP contribution in [0.25, 0.3) is 11.3 Å². The van der Waals surface area contributed by atoms with E-state index in [4.69, 9.17) is 9.47 Å². The zero-order valence-electron chi connectivity index (χ0n) is 23.2. The number of halogens is 2. The Balaban J connectivity index is 1.78. The summed E-state index contributed by atoms with van der Waals surface area (Å²) in [6, 6.07) is 13.7. The molecule has 41 heavy (non-hydrogen) atoms. The smallest absolute Gasteiger partial charge is 0.281 e. The maximum absolute atomic E-state index is 14.5.